The number of rotatable bonds is 14. The number of nitrogens with zero attached hydrogens (tertiary/aromatic N) is 1. The first kappa shape index (κ1) is 27.7. The van der Waals surface area contributed by atoms with Crippen molar-refractivity contribution in [1.29, 1.82) is 0 Å². The van der Waals surface area contributed by atoms with Gasteiger partial charge in [0.25, 0.3) is 0 Å². The molecule has 5 heteroatoms. The Hall–Kier alpha value is -1.36. The quantitative estimate of drug-likeness (QED) is 0.213. The van der Waals surface area contributed by atoms with Gasteiger partial charge in [-0.2, -0.15) is 0 Å². The minimum Gasteiger partial charge on any atom is -0.444 e. The first-order valence-corrected chi connectivity index (χ1v) is 12.4. The Morgan fingerprint density at radius 3 is 2.10 bits per heavy atom. The van der Waals surface area contributed by atoms with Crippen LogP contribution in [0.1, 0.15) is 119 Å². The fourth-order valence-electron chi connectivity index (χ4n) is 3.90. The molecule has 1 rings (SSSR count). The molecule has 0 unspecified atom stereocenters. The van der Waals surface area contributed by atoms with Crippen molar-refractivity contribution in [3.63, 3.8) is 0 Å². The van der Waals surface area contributed by atoms with E-state index in [2.05, 4.69) is 19.1 Å². The fraction of sp³-hybridized carbons (Fsp3) is 0.846. The average molecular weight is 438 g/mol. The van der Waals surface area contributed by atoms with Crippen molar-refractivity contribution in [2.45, 2.75) is 136 Å². The van der Waals surface area contributed by atoms with Crippen LogP contribution in [0.2, 0.25) is 0 Å². The van der Waals surface area contributed by atoms with Crippen molar-refractivity contribution in [3.05, 3.63) is 12.2 Å². The zero-order chi connectivity index (χ0) is 23.3. The van der Waals surface area contributed by atoms with Gasteiger partial charge in [-0.25, -0.2) is 4.79 Å². The van der Waals surface area contributed by atoms with Crippen molar-refractivity contribution in [2.24, 2.45) is 0 Å². The van der Waals surface area contributed by atoms with Gasteiger partial charge in [0.1, 0.15) is 17.4 Å². The summed E-state index contributed by atoms with van der Waals surface area (Å²) < 4.78 is 11.2. The average Bonchev–Trinajstić information content (AvgIpc) is 2.99. The van der Waals surface area contributed by atoms with E-state index in [1.807, 2.05) is 20.8 Å². The summed E-state index contributed by atoms with van der Waals surface area (Å²) in [6.45, 7) is 11.6. The van der Waals surface area contributed by atoms with Gasteiger partial charge in [-0.15, -0.1) is 0 Å². The molecular weight excluding hydrogens is 390 g/mol. The molecule has 1 atom stereocenters. The number of allylic oxidation sites excluding steroid dienone is 2. The lowest BCUT2D eigenvalue weighted by Crippen LogP contribution is -2.52. The molecule has 0 N–H and O–H groups in total. The Balaban J connectivity index is 2.26. The Bertz CT molecular complexity index is 562. The number of amides is 1. The highest BCUT2D eigenvalue weighted by Gasteiger charge is 2.48. The van der Waals surface area contributed by atoms with Crippen LogP contribution in [0, 0.1) is 0 Å². The largest absolute Gasteiger partial charge is 0.444 e. The highest BCUT2D eigenvalue weighted by molar-refractivity contribution is 5.88. The number of unbranched alkanes of at least 4 members (excludes halogenated alkanes) is 9. The molecule has 0 radical (unpaired) electrons. The third-order valence-corrected chi connectivity index (χ3v) is 5.65. The number of carbonyl (C=O) groups excluding carboxylic acids is 2. The maximum absolute atomic E-state index is 12.8. The van der Waals surface area contributed by atoms with Crippen molar-refractivity contribution in [1.82, 2.24) is 4.90 Å². The van der Waals surface area contributed by atoms with Crippen LogP contribution in [-0.4, -0.2) is 40.8 Å². The van der Waals surface area contributed by atoms with Crippen LogP contribution in [0.4, 0.5) is 4.79 Å². The number of hydrogen-bond acceptors (Lipinski definition) is 4. The van der Waals surface area contributed by atoms with Crippen LogP contribution in [0.3, 0.4) is 0 Å². The third-order valence-electron chi connectivity index (χ3n) is 5.65. The number of hydrogen-bond donors (Lipinski definition) is 0. The van der Waals surface area contributed by atoms with E-state index in [1.54, 1.807) is 13.8 Å². The molecule has 0 saturated carbocycles. The predicted octanol–water partition coefficient (Wildman–Crippen LogP) is 7.18. The normalized spacial score (nSPS) is 18.6. The van der Waals surface area contributed by atoms with Gasteiger partial charge in [-0.05, 0) is 53.9 Å². The summed E-state index contributed by atoms with van der Waals surface area (Å²) in [7, 11) is 0. The first-order valence-electron chi connectivity index (χ1n) is 12.4. The smallest absolute Gasteiger partial charge is 0.413 e. The van der Waals surface area contributed by atoms with Crippen LogP contribution in [0.5, 0.6) is 0 Å². The van der Waals surface area contributed by atoms with E-state index in [0.717, 1.165) is 6.42 Å². The molecule has 1 aliphatic rings. The van der Waals surface area contributed by atoms with Crippen molar-refractivity contribution in [3.8, 4) is 0 Å². The first-order chi connectivity index (χ1) is 14.6. The second-order valence-corrected chi connectivity index (χ2v) is 10.2. The summed E-state index contributed by atoms with van der Waals surface area (Å²) in [6.07, 6.45) is 18.0. The number of ketones is 1. The molecule has 0 bridgehead atoms. The van der Waals surface area contributed by atoms with Crippen LogP contribution in [0.25, 0.3) is 0 Å². The summed E-state index contributed by atoms with van der Waals surface area (Å²) in [5.41, 5.74) is -1.45. The molecule has 1 saturated heterocycles. The van der Waals surface area contributed by atoms with E-state index in [4.69, 9.17) is 9.47 Å². The van der Waals surface area contributed by atoms with E-state index in [9.17, 15) is 9.59 Å². The Morgan fingerprint density at radius 2 is 1.52 bits per heavy atom. The minimum absolute atomic E-state index is 0.0316. The molecule has 0 aliphatic carbocycles. The van der Waals surface area contributed by atoms with Crippen molar-refractivity contribution >= 4 is 11.9 Å². The lowest BCUT2D eigenvalue weighted by molar-refractivity contribution is -0.124. The molecule has 0 aromatic carbocycles. The number of Topliss-reactive ketones (excluding diaryl/α,β-unsaturated/α-hetero) is 1. The van der Waals surface area contributed by atoms with Gasteiger partial charge < -0.3 is 9.47 Å². The van der Waals surface area contributed by atoms with E-state index in [0.29, 0.717) is 12.8 Å². The second-order valence-electron chi connectivity index (χ2n) is 10.2. The molecule has 0 aromatic heterocycles. The molecule has 180 valence electrons. The summed E-state index contributed by atoms with van der Waals surface area (Å²) in [5.74, 6) is 0.0316. The van der Waals surface area contributed by atoms with Gasteiger partial charge in [0.2, 0.25) is 0 Å². The van der Waals surface area contributed by atoms with Gasteiger partial charge in [0.05, 0.1) is 6.61 Å². The summed E-state index contributed by atoms with van der Waals surface area (Å²) in [6, 6.07) is -0.574. The van der Waals surface area contributed by atoms with Crippen LogP contribution >= 0.6 is 0 Å². The summed E-state index contributed by atoms with van der Waals surface area (Å²) in [4.78, 5) is 26.9. The van der Waals surface area contributed by atoms with Gasteiger partial charge in [-0.3, -0.25) is 9.69 Å². The molecule has 1 fully saturated rings. The highest BCUT2D eigenvalue weighted by Crippen LogP contribution is 2.30. The van der Waals surface area contributed by atoms with Gasteiger partial charge in [-0.1, -0.05) is 70.4 Å². The summed E-state index contributed by atoms with van der Waals surface area (Å²) >= 11 is 0. The molecule has 0 aromatic rings. The van der Waals surface area contributed by atoms with E-state index in [-0.39, 0.29) is 12.4 Å². The molecule has 5 nitrogen and oxygen atoms in total. The third kappa shape index (κ3) is 11.2. The van der Waals surface area contributed by atoms with Crippen LogP contribution in [-0.2, 0) is 14.3 Å². The molecule has 1 amide bonds. The monoisotopic (exact) mass is 437 g/mol. The SMILES string of the molecule is CCCCCCCCCCC/C=C/CCC(=O)[C@@H]1COC(C)(C)N1C(=O)OC(C)(C)C. The fourth-order valence-corrected chi connectivity index (χ4v) is 3.90. The summed E-state index contributed by atoms with van der Waals surface area (Å²) in [5, 5.41) is 0. The van der Waals surface area contributed by atoms with Crippen molar-refractivity contribution in [2.75, 3.05) is 6.61 Å². The Kier molecular flexibility index (Phi) is 12.4. The van der Waals surface area contributed by atoms with E-state index >= 15 is 0 Å². The maximum atomic E-state index is 12.8. The number of carbonyl (C=O) groups is 2. The topological polar surface area (TPSA) is 55.8 Å². The molecular formula is C26H47NO4. The van der Waals surface area contributed by atoms with Gasteiger partial charge in [0, 0.05) is 6.42 Å². The van der Waals surface area contributed by atoms with E-state index < -0.39 is 23.5 Å². The predicted molar refractivity (Wildman–Crippen MR) is 127 cm³/mol. The molecule has 31 heavy (non-hydrogen) atoms. The van der Waals surface area contributed by atoms with Crippen LogP contribution in [0.15, 0.2) is 12.2 Å². The molecule has 0 spiro atoms. The molecule has 1 heterocycles. The van der Waals surface area contributed by atoms with Gasteiger partial charge in [0.15, 0.2) is 5.78 Å². The number of ether oxygens (including phenoxy) is 2. The maximum Gasteiger partial charge on any atom is 0.413 e. The van der Waals surface area contributed by atoms with Gasteiger partial charge >= 0.3 is 6.09 Å². The zero-order valence-corrected chi connectivity index (χ0v) is 21.0. The zero-order valence-electron chi connectivity index (χ0n) is 21.0. The van der Waals surface area contributed by atoms with Crippen molar-refractivity contribution < 1.29 is 19.1 Å². The lowest BCUT2D eigenvalue weighted by atomic mass is 10.1. The Labute approximate surface area is 190 Å². The van der Waals surface area contributed by atoms with Crippen LogP contribution < -0.4 is 0 Å². The standard InChI is InChI=1S/C26H47NO4/c1-7-8-9-10-11-12-13-14-15-16-17-18-19-20-23(28)22-21-30-26(5,6)27(22)24(29)31-25(2,3)4/h17-18,22H,7-16,19-21H2,1-6H3/b18-17+/t22-/m0/s1. The minimum atomic E-state index is -0.839. The lowest BCUT2D eigenvalue weighted by Gasteiger charge is -2.34. The Morgan fingerprint density at radius 1 is 0.968 bits per heavy atom. The van der Waals surface area contributed by atoms with E-state index in [1.165, 1.54) is 62.7 Å². The second kappa shape index (κ2) is 13.9. The highest BCUT2D eigenvalue weighted by atomic mass is 16.6. The molecule has 1 aliphatic heterocycles.